The second-order valence-electron chi connectivity index (χ2n) is 2.25. The maximum Gasteiger partial charge on any atom is 0.147 e. The van der Waals surface area contributed by atoms with Crippen LogP contribution in [0.2, 0.25) is 0 Å². The van der Waals surface area contributed by atoms with Crippen LogP contribution in [0, 0.1) is 0 Å². The fourth-order valence-corrected chi connectivity index (χ4v) is 1.00. The second-order valence-corrected chi connectivity index (χ2v) is 2.25. The van der Waals surface area contributed by atoms with Crippen molar-refractivity contribution in [1.82, 2.24) is 15.3 Å². The summed E-state index contributed by atoms with van der Waals surface area (Å²) >= 11 is 0. The Labute approximate surface area is 64.4 Å². The van der Waals surface area contributed by atoms with E-state index in [9.17, 15) is 0 Å². The van der Waals surface area contributed by atoms with Crippen LogP contribution in [0.1, 0.15) is 5.69 Å². The molecule has 0 aromatic carbocycles. The molecule has 1 aromatic rings. The maximum atomic E-state index is 4.22. The Morgan fingerprint density at radius 1 is 1.45 bits per heavy atom. The zero-order chi connectivity index (χ0) is 7.52. The Kier molecular flexibility index (Phi) is 1.51. The van der Waals surface area contributed by atoms with E-state index in [1.807, 2.05) is 6.07 Å². The van der Waals surface area contributed by atoms with Crippen molar-refractivity contribution in [3.63, 3.8) is 0 Å². The predicted octanol–water partition coefficient (Wildman–Crippen LogP) is -0.174. The number of aromatic nitrogens is 2. The molecule has 11 heavy (non-hydrogen) atoms. The van der Waals surface area contributed by atoms with Gasteiger partial charge in [-0.15, -0.1) is 0 Å². The molecule has 0 bridgehead atoms. The first-order chi connectivity index (χ1) is 5.47. The number of hydrogen-bond donors (Lipinski definition) is 1. The molecule has 0 unspecified atom stereocenters. The lowest BCUT2D eigenvalue weighted by molar-refractivity contribution is 0.957. The van der Waals surface area contributed by atoms with Crippen LogP contribution >= 0.6 is 0 Å². The van der Waals surface area contributed by atoms with E-state index < -0.39 is 0 Å². The first-order valence-corrected chi connectivity index (χ1v) is 3.51. The van der Waals surface area contributed by atoms with E-state index in [-0.39, 0.29) is 0 Å². The van der Waals surface area contributed by atoms with Crippen molar-refractivity contribution in [3.05, 3.63) is 24.3 Å². The molecule has 0 saturated heterocycles. The van der Waals surface area contributed by atoms with Gasteiger partial charge in [-0.2, -0.15) is 0 Å². The molecular weight excluding hydrogens is 140 g/mol. The molecule has 0 radical (unpaired) electrons. The first-order valence-electron chi connectivity index (χ1n) is 3.51. The minimum absolute atomic E-state index is 0.847. The molecule has 0 atom stereocenters. The van der Waals surface area contributed by atoms with E-state index in [2.05, 4.69) is 20.3 Å². The fraction of sp³-hybridized carbons (Fsp3) is 0.286. The van der Waals surface area contributed by atoms with Gasteiger partial charge in [-0.05, 0) is 6.07 Å². The number of nitrogens with zero attached hydrogens (tertiary/aromatic N) is 3. The van der Waals surface area contributed by atoms with Gasteiger partial charge in [-0.3, -0.25) is 4.99 Å². The van der Waals surface area contributed by atoms with Crippen molar-refractivity contribution in [3.8, 4) is 0 Å². The van der Waals surface area contributed by atoms with E-state index in [1.54, 1.807) is 6.20 Å². The van der Waals surface area contributed by atoms with Crippen LogP contribution < -0.4 is 5.32 Å². The SMILES string of the molecule is c1cc(C2=NCCN2)ncn1. The third-order valence-corrected chi connectivity index (χ3v) is 1.50. The molecule has 0 fully saturated rings. The van der Waals surface area contributed by atoms with Gasteiger partial charge >= 0.3 is 0 Å². The largest absolute Gasteiger partial charge is 0.367 e. The van der Waals surface area contributed by atoms with Gasteiger partial charge in [0.2, 0.25) is 0 Å². The third-order valence-electron chi connectivity index (χ3n) is 1.50. The van der Waals surface area contributed by atoms with E-state index in [1.165, 1.54) is 6.33 Å². The third kappa shape index (κ3) is 1.19. The number of amidine groups is 1. The highest BCUT2D eigenvalue weighted by atomic mass is 15.1. The lowest BCUT2D eigenvalue weighted by Crippen LogP contribution is -2.20. The summed E-state index contributed by atoms with van der Waals surface area (Å²) < 4.78 is 0. The van der Waals surface area contributed by atoms with Crippen molar-refractivity contribution in [2.75, 3.05) is 13.1 Å². The molecule has 2 heterocycles. The Morgan fingerprint density at radius 3 is 3.09 bits per heavy atom. The molecule has 0 amide bonds. The summed E-state index contributed by atoms with van der Waals surface area (Å²) in [6.07, 6.45) is 3.24. The molecule has 56 valence electrons. The smallest absolute Gasteiger partial charge is 0.147 e. The van der Waals surface area contributed by atoms with Gasteiger partial charge in [0, 0.05) is 12.7 Å². The highest BCUT2D eigenvalue weighted by molar-refractivity contribution is 5.97. The average molecular weight is 148 g/mol. The molecule has 1 aliphatic rings. The van der Waals surface area contributed by atoms with Gasteiger partial charge in [0.05, 0.1) is 6.54 Å². The summed E-state index contributed by atoms with van der Waals surface area (Å²) in [5.74, 6) is 0.882. The topological polar surface area (TPSA) is 50.2 Å². The number of hydrogen-bond acceptors (Lipinski definition) is 4. The van der Waals surface area contributed by atoms with Crippen molar-refractivity contribution < 1.29 is 0 Å². The zero-order valence-corrected chi connectivity index (χ0v) is 5.99. The first kappa shape index (κ1) is 6.27. The zero-order valence-electron chi connectivity index (χ0n) is 5.99. The van der Waals surface area contributed by atoms with E-state index in [0.29, 0.717) is 0 Å². The summed E-state index contributed by atoms with van der Waals surface area (Å²) in [5.41, 5.74) is 0.873. The second kappa shape index (κ2) is 2.65. The standard InChI is InChI=1S/C7H8N4/c1-2-8-5-11-6(1)7-9-3-4-10-7/h1-2,5H,3-4H2,(H,9,10). The maximum absolute atomic E-state index is 4.22. The Morgan fingerprint density at radius 2 is 2.45 bits per heavy atom. The van der Waals surface area contributed by atoms with Crippen LogP contribution in [0.4, 0.5) is 0 Å². The van der Waals surface area contributed by atoms with Crippen LogP contribution in [0.25, 0.3) is 0 Å². The molecule has 1 aromatic heterocycles. The van der Waals surface area contributed by atoms with Gasteiger partial charge < -0.3 is 5.32 Å². The van der Waals surface area contributed by atoms with Crippen molar-refractivity contribution in [2.45, 2.75) is 0 Å². The van der Waals surface area contributed by atoms with Crippen LogP contribution in [0.5, 0.6) is 0 Å². The van der Waals surface area contributed by atoms with Crippen LogP contribution in [0.3, 0.4) is 0 Å². The summed E-state index contributed by atoms with van der Waals surface area (Å²) in [4.78, 5) is 12.1. The van der Waals surface area contributed by atoms with Crippen molar-refractivity contribution in [1.29, 1.82) is 0 Å². The normalized spacial score (nSPS) is 15.8. The Hall–Kier alpha value is -1.45. The summed E-state index contributed by atoms with van der Waals surface area (Å²) in [6.45, 7) is 1.76. The van der Waals surface area contributed by atoms with Gasteiger partial charge in [-0.1, -0.05) is 0 Å². The Balaban J connectivity index is 2.29. The molecule has 2 rings (SSSR count). The molecule has 4 nitrogen and oxygen atoms in total. The summed E-state index contributed by atoms with van der Waals surface area (Å²) in [7, 11) is 0. The van der Waals surface area contributed by atoms with Gasteiger partial charge in [-0.25, -0.2) is 9.97 Å². The number of rotatable bonds is 1. The molecule has 1 aliphatic heterocycles. The minimum Gasteiger partial charge on any atom is -0.367 e. The monoisotopic (exact) mass is 148 g/mol. The average Bonchev–Trinajstić information content (AvgIpc) is 2.58. The van der Waals surface area contributed by atoms with Crippen LogP contribution in [0.15, 0.2) is 23.6 Å². The molecule has 1 N–H and O–H groups in total. The highest BCUT2D eigenvalue weighted by Gasteiger charge is 2.07. The van der Waals surface area contributed by atoms with Crippen molar-refractivity contribution >= 4 is 5.84 Å². The van der Waals surface area contributed by atoms with Crippen molar-refractivity contribution in [2.24, 2.45) is 4.99 Å². The lowest BCUT2D eigenvalue weighted by atomic mass is 10.4. The van der Waals surface area contributed by atoms with Gasteiger partial charge in [0.15, 0.2) is 0 Å². The summed E-state index contributed by atoms with van der Waals surface area (Å²) in [5, 5.41) is 3.13. The molecule has 4 heteroatoms. The molecule has 0 saturated carbocycles. The molecule has 0 aliphatic carbocycles. The molecule has 0 spiro atoms. The highest BCUT2D eigenvalue weighted by Crippen LogP contribution is 1.96. The van der Waals surface area contributed by atoms with Gasteiger partial charge in [0.1, 0.15) is 17.9 Å². The van der Waals surface area contributed by atoms with Gasteiger partial charge in [0.25, 0.3) is 0 Å². The quantitative estimate of drug-likeness (QED) is 0.601. The minimum atomic E-state index is 0.847. The Bertz CT molecular complexity index is 267. The van der Waals surface area contributed by atoms with E-state index >= 15 is 0 Å². The molecular formula is C7H8N4. The number of nitrogens with one attached hydrogen (secondary N) is 1. The van der Waals surface area contributed by atoms with E-state index in [4.69, 9.17) is 0 Å². The lowest BCUT2D eigenvalue weighted by Gasteiger charge is -1.97. The van der Waals surface area contributed by atoms with E-state index in [0.717, 1.165) is 24.6 Å². The number of aliphatic imine (C=N–C) groups is 1. The fourth-order valence-electron chi connectivity index (χ4n) is 1.00. The summed E-state index contributed by atoms with van der Waals surface area (Å²) in [6, 6.07) is 1.84. The predicted molar refractivity (Wildman–Crippen MR) is 41.4 cm³/mol. The van der Waals surface area contributed by atoms with Crippen LogP contribution in [-0.4, -0.2) is 28.9 Å². The van der Waals surface area contributed by atoms with Crippen LogP contribution in [-0.2, 0) is 0 Å².